The lowest BCUT2D eigenvalue weighted by molar-refractivity contribution is 0.652. The summed E-state index contributed by atoms with van der Waals surface area (Å²) < 4.78 is 0.773. The molecule has 28 heavy (non-hydrogen) atoms. The van der Waals surface area contributed by atoms with Crippen LogP contribution in [-0.2, 0) is 0 Å². The highest BCUT2D eigenvalue weighted by Gasteiger charge is 2.31. The Morgan fingerprint density at radius 3 is 1.82 bits per heavy atom. The molecule has 0 aliphatic rings. The number of aromatic nitrogens is 4. The molecule has 0 spiro atoms. The molecule has 6 heteroatoms. The normalized spacial score (nSPS) is 12.1. The molecule has 2 N–H and O–H groups in total. The molecule has 4 heterocycles. The molecule has 1 unspecified atom stereocenters. The van der Waals surface area contributed by atoms with Gasteiger partial charge in [-0.05, 0) is 63.5 Å². The molecular formula is C22H18BrN5. The molecule has 5 nitrogen and oxygen atoms in total. The number of nitrogen functional groups attached to an aromatic ring is 1. The third kappa shape index (κ3) is 3.92. The van der Waals surface area contributed by atoms with Gasteiger partial charge in [-0.15, -0.1) is 0 Å². The molecule has 0 amide bonds. The predicted octanol–water partition coefficient (Wildman–Crippen LogP) is 4.58. The fraction of sp³-hybridized carbons (Fsp3) is 0.0909. The van der Waals surface area contributed by atoms with Crippen molar-refractivity contribution >= 4 is 21.7 Å². The van der Waals surface area contributed by atoms with Crippen molar-refractivity contribution < 1.29 is 0 Å². The molecule has 0 aliphatic carbocycles. The van der Waals surface area contributed by atoms with Crippen LogP contribution in [0.25, 0.3) is 0 Å². The van der Waals surface area contributed by atoms with Crippen LogP contribution < -0.4 is 5.73 Å². The molecule has 0 bridgehead atoms. The van der Waals surface area contributed by atoms with Crippen LogP contribution in [0, 0.1) is 0 Å². The van der Waals surface area contributed by atoms with Crippen molar-refractivity contribution in [2.24, 2.45) is 0 Å². The van der Waals surface area contributed by atoms with E-state index in [2.05, 4.69) is 43.0 Å². The molecule has 0 saturated carbocycles. The Bertz CT molecular complexity index is 971. The van der Waals surface area contributed by atoms with Crippen molar-refractivity contribution in [3.63, 3.8) is 0 Å². The average molecular weight is 432 g/mol. The Labute approximate surface area is 171 Å². The van der Waals surface area contributed by atoms with Crippen molar-refractivity contribution in [2.45, 2.75) is 11.8 Å². The number of hydrogen-bond donors (Lipinski definition) is 1. The van der Waals surface area contributed by atoms with Crippen LogP contribution in [0.2, 0.25) is 0 Å². The quantitative estimate of drug-likeness (QED) is 0.468. The zero-order valence-corrected chi connectivity index (χ0v) is 16.6. The van der Waals surface area contributed by atoms with E-state index in [0.29, 0.717) is 5.82 Å². The van der Waals surface area contributed by atoms with Crippen LogP contribution in [0.4, 0.5) is 5.82 Å². The van der Waals surface area contributed by atoms with E-state index in [0.717, 1.165) is 27.1 Å². The summed E-state index contributed by atoms with van der Waals surface area (Å²) in [6.45, 7) is 0. The lowest BCUT2D eigenvalue weighted by Gasteiger charge is -2.27. The lowest BCUT2D eigenvalue weighted by Crippen LogP contribution is -2.18. The van der Waals surface area contributed by atoms with Gasteiger partial charge in [-0.3, -0.25) is 9.97 Å². The van der Waals surface area contributed by atoms with E-state index in [1.165, 1.54) is 0 Å². The fourth-order valence-corrected chi connectivity index (χ4v) is 3.79. The third-order valence-electron chi connectivity index (χ3n) is 4.59. The summed E-state index contributed by atoms with van der Waals surface area (Å²) in [5.74, 6) is 0.251. The highest BCUT2D eigenvalue weighted by Crippen LogP contribution is 2.41. The first-order valence-corrected chi connectivity index (χ1v) is 9.66. The van der Waals surface area contributed by atoms with Crippen molar-refractivity contribution in [3.8, 4) is 0 Å². The summed E-state index contributed by atoms with van der Waals surface area (Å²) in [5, 5.41) is 0. The molecule has 0 saturated heterocycles. The van der Waals surface area contributed by atoms with Crippen molar-refractivity contribution in [2.75, 3.05) is 5.73 Å². The van der Waals surface area contributed by atoms with Gasteiger partial charge in [0.25, 0.3) is 0 Å². The van der Waals surface area contributed by atoms with Crippen molar-refractivity contribution in [1.29, 1.82) is 0 Å². The van der Waals surface area contributed by atoms with Crippen LogP contribution in [0.5, 0.6) is 0 Å². The van der Waals surface area contributed by atoms with Gasteiger partial charge in [-0.25, -0.2) is 9.97 Å². The monoisotopic (exact) mass is 431 g/mol. The van der Waals surface area contributed by atoms with Crippen LogP contribution in [0.1, 0.15) is 34.4 Å². The Hall–Kier alpha value is -3.12. The maximum absolute atomic E-state index is 6.02. The van der Waals surface area contributed by atoms with Crippen molar-refractivity contribution in [3.05, 3.63) is 113 Å². The number of pyridine rings is 4. The molecule has 4 aromatic rings. The number of halogens is 1. The molecule has 138 valence electrons. The topological polar surface area (TPSA) is 77.6 Å². The smallest absolute Gasteiger partial charge is 0.123 e. The van der Waals surface area contributed by atoms with Gasteiger partial charge in [-0.2, -0.15) is 0 Å². The van der Waals surface area contributed by atoms with Gasteiger partial charge in [-0.1, -0.05) is 24.3 Å². The lowest BCUT2D eigenvalue weighted by atomic mass is 9.78. The van der Waals surface area contributed by atoms with E-state index >= 15 is 0 Å². The zero-order chi connectivity index (χ0) is 19.3. The predicted molar refractivity (Wildman–Crippen MR) is 113 cm³/mol. The Morgan fingerprint density at radius 2 is 1.29 bits per heavy atom. The minimum Gasteiger partial charge on any atom is -0.384 e. The van der Waals surface area contributed by atoms with Crippen molar-refractivity contribution in [1.82, 2.24) is 19.9 Å². The van der Waals surface area contributed by atoms with E-state index < -0.39 is 0 Å². The molecule has 4 aromatic heterocycles. The highest BCUT2D eigenvalue weighted by molar-refractivity contribution is 9.10. The zero-order valence-electron chi connectivity index (χ0n) is 15.0. The maximum atomic E-state index is 6.02. The second kappa shape index (κ2) is 8.27. The standard InChI is InChI=1S/C22H18BrN5/c23-19-9-1-7-17(27-19)22(18-8-2-10-20(24)28-18)21(15-5-3-11-25-13-15)16-6-4-12-26-14-16/h1-14,21-22H,(H2,24,28). The van der Waals surface area contributed by atoms with Crippen LogP contribution in [-0.4, -0.2) is 19.9 Å². The number of hydrogen-bond acceptors (Lipinski definition) is 5. The summed E-state index contributed by atoms with van der Waals surface area (Å²) in [4.78, 5) is 18.1. The molecule has 0 aliphatic heterocycles. The molecule has 0 fully saturated rings. The second-order valence-electron chi connectivity index (χ2n) is 6.40. The minimum atomic E-state index is -0.158. The molecular weight excluding hydrogens is 414 g/mol. The Balaban J connectivity index is 1.96. The minimum absolute atomic E-state index is 0.0708. The van der Waals surface area contributed by atoms with Gasteiger partial charge in [0.1, 0.15) is 10.4 Å². The second-order valence-corrected chi connectivity index (χ2v) is 7.21. The number of anilines is 1. The third-order valence-corrected chi connectivity index (χ3v) is 5.03. The summed E-state index contributed by atoms with van der Waals surface area (Å²) in [5.41, 5.74) is 9.88. The fourth-order valence-electron chi connectivity index (χ4n) is 3.43. The number of rotatable bonds is 5. The summed E-state index contributed by atoms with van der Waals surface area (Å²) in [6, 6.07) is 19.6. The maximum Gasteiger partial charge on any atom is 0.123 e. The van der Waals surface area contributed by atoms with Gasteiger partial charge in [0, 0.05) is 30.7 Å². The van der Waals surface area contributed by atoms with E-state index in [9.17, 15) is 0 Å². The summed E-state index contributed by atoms with van der Waals surface area (Å²) in [7, 11) is 0. The largest absolute Gasteiger partial charge is 0.384 e. The molecule has 4 rings (SSSR count). The molecule has 0 radical (unpaired) electrons. The number of nitrogens with two attached hydrogens (primary N) is 1. The summed E-state index contributed by atoms with van der Waals surface area (Å²) in [6.07, 6.45) is 7.31. The van der Waals surface area contributed by atoms with Gasteiger partial charge >= 0.3 is 0 Å². The van der Waals surface area contributed by atoms with E-state index in [-0.39, 0.29) is 11.8 Å². The first kappa shape index (κ1) is 18.3. The molecule has 0 aromatic carbocycles. The summed E-state index contributed by atoms with van der Waals surface area (Å²) >= 11 is 3.50. The van der Waals surface area contributed by atoms with Gasteiger partial charge in [0.15, 0.2) is 0 Å². The first-order valence-electron chi connectivity index (χ1n) is 8.87. The van der Waals surface area contributed by atoms with Crippen LogP contribution >= 0.6 is 15.9 Å². The number of nitrogens with zero attached hydrogens (tertiary/aromatic N) is 4. The van der Waals surface area contributed by atoms with E-state index in [1.54, 1.807) is 18.5 Å². The van der Waals surface area contributed by atoms with Gasteiger partial charge in [0.05, 0.1) is 17.3 Å². The average Bonchev–Trinajstić information content (AvgIpc) is 2.73. The van der Waals surface area contributed by atoms with E-state index in [1.807, 2.05) is 54.9 Å². The van der Waals surface area contributed by atoms with Crippen LogP contribution in [0.15, 0.2) is 90.1 Å². The van der Waals surface area contributed by atoms with E-state index in [4.69, 9.17) is 10.7 Å². The SMILES string of the molecule is Nc1cccc(C(c2cccc(Br)n2)C(c2cccnc2)c2cccnc2)n1. The highest BCUT2D eigenvalue weighted by atomic mass is 79.9. The van der Waals surface area contributed by atoms with Gasteiger partial charge < -0.3 is 5.73 Å². The Morgan fingerprint density at radius 1 is 0.679 bits per heavy atom. The van der Waals surface area contributed by atoms with Crippen LogP contribution in [0.3, 0.4) is 0 Å². The Kier molecular flexibility index (Phi) is 5.39. The van der Waals surface area contributed by atoms with Gasteiger partial charge in [0.2, 0.25) is 0 Å². The first-order chi connectivity index (χ1) is 13.7. The molecule has 1 atom stereocenters.